The molecular formula is C7H4BrF2N3. The van der Waals surface area contributed by atoms with Gasteiger partial charge in [-0.15, -0.1) is 0 Å². The van der Waals surface area contributed by atoms with Gasteiger partial charge < -0.3 is 5.73 Å². The first-order chi connectivity index (χ1) is 6.07. The van der Waals surface area contributed by atoms with Crippen LogP contribution in [0.4, 0.5) is 14.5 Å². The Balaban J connectivity index is 3.43. The quantitative estimate of drug-likeness (QED) is 0.775. The van der Waals surface area contributed by atoms with Crippen LogP contribution in [0.5, 0.6) is 0 Å². The average molecular weight is 248 g/mol. The molecule has 1 heterocycles. The summed E-state index contributed by atoms with van der Waals surface area (Å²) in [5.74, 6) is 0. The minimum absolute atomic E-state index is 0.127. The van der Waals surface area contributed by atoms with E-state index < -0.39 is 12.0 Å². The van der Waals surface area contributed by atoms with Gasteiger partial charge in [-0.2, -0.15) is 5.26 Å². The number of pyridine rings is 1. The normalized spacial score (nSPS) is 10.1. The van der Waals surface area contributed by atoms with Gasteiger partial charge in [-0.3, -0.25) is 0 Å². The molecule has 68 valence electrons. The van der Waals surface area contributed by atoms with E-state index in [0.29, 0.717) is 0 Å². The van der Waals surface area contributed by atoms with Crippen LogP contribution < -0.4 is 5.73 Å². The van der Waals surface area contributed by atoms with Gasteiger partial charge in [0.05, 0.1) is 16.8 Å². The van der Waals surface area contributed by atoms with Crippen molar-refractivity contribution in [3.63, 3.8) is 0 Å². The Hall–Kier alpha value is -1.22. The molecule has 2 N–H and O–H groups in total. The first-order valence-corrected chi connectivity index (χ1v) is 3.99. The second kappa shape index (κ2) is 3.66. The summed E-state index contributed by atoms with van der Waals surface area (Å²) in [5.41, 5.74) is 4.47. The zero-order chi connectivity index (χ0) is 10.0. The molecular weight excluding hydrogens is 244 g/mol. The minimum Gasteiger partial charge on any atom is -0.396 e. The number of nitrogens with two attached hydrogens (primary N) is 1. The fourth-order valence-corrected chi connectivity index (χ4v) is 1.16. The number of nitrogens with zero attached hydrogens (tertiary/aromatic N) is 2. The van der Waals surface area contributed by atoms with Crippen LogP contribution in [0.15, 0.2) is 10.8 Å². The first kappa shape index (κ1) is 9.86. The Morgan fingerprint density at radius 1 is 1.62 bits per heavy atom. The number of hydrogen-bond acceptors (Lipinski definition) is 3. The lowest BCUT2D eigenvalue weighted by atomic mass is 10.1. The monoisotopic (exact) mass is 247 g/mol. The summed E-state index contributed by atoms with van der Waals surface area (Å²) in [7, 11) is 0. The maximum absolute atomic E-state index is 12.4. The molecule has 1 rings (SSSR count). The SMILES string of the molecule is N#Cc1cnc(Br)c(N)c1C(F)F. The number of anilines is 1. The molecule has 0 aromatic carbocycles. The van der Waals surface area contributed by atoms with Gasteiger partial charge in [-0.05, 0) is 15.9 Å². The maximum atomic E-state index is 12.4. The zero-order valence-electron chi connectivity index (χ0n) is 6.26. The number of halogens is 3. The zero-order valence-corrected chi connectivity index (χ0v) is 7.85. The third-order valence-electron chi connectivity index (χ3n) is 1.45. The molecule has 0 atom stereocenters. The molecule has 0 aliphatic rings. The van der Waals surface area contributed by atoms with E-state index in [1.807, 2.05) is 0 Å². The number of nitrogen functional groups attached to an aromatic ring is 1. The van der Waals surface area contributed by atoms with Crippen LogP contribution in [0.1, 0.15) is 17.6 Å². The summed E-state index contributed by atoms with van der Waals surface area (Å²) < 4.78 is 24.9. The van der Waals surface area contributed by atoms with E-state index in [9.17, 15) is 8.78 Å². The summed E-state index contributed by atoms with van der Waals surface area (Å²) in [5, 5.41) is 8.49. The van der Waals surface area contributed by atoms with Gasteiger partial charge in [-0.25, -0.2) is 13.8 Å². The van der Waals surface area contributed by atoms with E-state index in [2.05, 4.69) is 20.9 Å². The molecule has 13 heavy (non-hydrogen) atoms. The largest absolute Gasteiger partial charge is 0.396 e. The van der Waals surface area contributed by atoms with Gasteiger partial charge in [-0.1, -0.05) is 0 Å². The van der Waals surface area contributed by atoms with Crippen LogP contribution in [0, 0.1) is 11.3 Å². The number of hydrogen-bond donors (Lipinski definition) is 1. The highest BCUT2D eigenvalue weighted by Gasteiger charge is 2.19. The highest BCUT2D eigenvalue weighted by Crippen LogP contribution is 2.31. The van der Waals surface area contributed by atoms with Crippen molar-refractivity contribution in [2.75, 3.05) is 5.73 Å². The molecule has 6 heteroatoms. The van der Waals surface area contributed by atoms with Gasteiger partial charge in [0.1, 0.15) is 10.7 Å². The highest BCUT2D eigenvalue weighted by atomic mass is 79.9. The molecule has 0 radical (unpaired) electrons. The van der Waals surface area contributed by atoms with Gasteiger partial charge in [0.15, 0.2) is 0 Å². The molecule has 0 saturated heterocycles. The van der Waals surface area contributed by atoms with Crippen LogP contribution in [0.25, 0.3) is 0 Å². The Morgan fingerprint density at radius 2 is 2.23 bits per heavy atom. The molecule has 0 spiro atoms. The van der Waals surface area contributed by atoms with Crippen molar-refractivity contribution in [2.24, 2.45) is 0 Å². The summed E-state index contributed by atoms with van der Waals surface area (Å²) >= 11 is 2.90. The number of aromatic nitrogens is 1. The molecule has 0 aliphatic carbocycles. The van der Waals surface area contributed by atoms with Crippen molar-refractivity contribution in [1.82, 2.24) is 4.98 Å². The predicted molar refractivity (Wildman–Crippen MR) is 46.0 cm³/mol. The lowest BCUT2D eigenvalue weighted by Crippen LogP contribution is -2.01. The second-order valence-corrected chi connectivity index (χ2v) is 2.95. The molecule has 0 bridgehead atoms. The van der Waals surface area contributed by atoms with E-state index in [4.69, 9.17) is 11.0 Å². The molecule has 1 aromatic heterocycles. The predicted octanol–water partition coefficient (Wildman–Crippen LogP) is 2.24. The van der Waals surface area contributed by atoms with Crippen LogP contribution in [-0.2, 0) is 0 Å². The van der Waals surface area contributed by atoms with Crippen molar-refractivity contribution in [3.8, 4) is 6.07 Å². The minimum atomic E-state index is -2.77. The van der Waals surface area contributed by atoms with Crippen molar-refractivity contribution in [3.05, 3.63) is 21.9 Å². The second-order valence-electron chi connectivity index (χ2n) is 2.20. The Morgan fingerprint density at radius 3 is 2.69 bits per heavy atom. The Bertz CT molecular complexity index is 373. The number of rotatable bonds is 1. The van der Waals surface area contributed by atoms with Gasteiger partial charge in [0.25, 0.3) is 6.43 Å². The standard InChI is InChI=1S/C7H4BrF2N3/c8-6-5(12)4(7(9)10)3(1-11)2-13-6/h2,7H,12H2. The van der Waals surface area contributed by atoms with E-state index in [1.165, 1.54) is 0 Å². The fourth-order valence-electron chi connectivity index (χ4n) is 0.841. The highest BCUT2D eigenvalue weighted by molar-refractivity contribution is 9.10. The molecule has 0 fully saturated rings. The molecule has 0 unspecified atom stereocenters. The van der Waals surface area contributed by atoms with Crippen molar-refractivity contribution in [2.45, 2.75) is 6.43 Å². The molecule has 0 saturated carbocycles. The van der Waals surface area contributed by atoms with Gasteiger partial charge in [0, 0.05) is 6.20 Å². The lowest BCUT2D eigenvalue weighted by Gasteiger charge is -2.06. The maximum Gasteiger partial charge on any atom is 0.267 e. The number of nitriles is 1. The molecule has 3 nitrogen and oxygen atoms in total. The summed E-state index contributed by atoms with van der Waals surface area (Å²) in [4.78, 5) is 3.63. The average Bonchev–Trinajstić information content (AvgIpc) is 2.08. The van der Waals surface area contributed by atoms with E-state index in [-0.39, 0.29) is 15.9 Å². The fraction of sp³-hybridized carbons (Fsp3) is 0.143. The van der Waals surface area contributed by atoms with Crippen LogP contribution in [-0.4, -0.2) is 4.98 Å². The van der Waals surface area contributed by atoms with Crippen molar-refractivity contribution < 1.29 is 8.78 Å². The van der Waals surface area contributed by atoms with E-state index >= 15 is 0 Å². The van der Waals surface area contributed by atoms with Crippen LogP contribution in [0.2, 0.25) is 0 Å². The Kier molecular flexibility index (Phi) is 2.78. The Labute approximate surface area is 81.3 Å². The molecule has 1 aromatic rings. The lowest BCUT2D eigenvalue weighted by molar-refractivity contribution is 0.151. The third-order valence-corrected chi connectivity index (χ3v) is 2.08. The van der Waals surface area contributed by atoms with Gasteiger partial charge in [0.2, 0.25) is 0 Å². The van der Waals surface area contributed by atoms with Gasteiger partial charge >= 0.3 is 0 Å². The smallest absolute Gasteiger partial charge is 0.267 e. The summed E-state index contributed by atoms with van der Waals surface area (Å²) in [6, 6.07) is 1.60. The van der Waals surface area contributed by atoms with E-state index in [1.54, 1.807) is 6.07 Å². The molecule has 0 amide bonds. The van der Waals surface area contributed by atoms with Crippen LogP contribution >= 0.6 is 15.9 Å². The van der Waals surface area contributed by atoms with Crippen LogP contribution in [0.3, 0.4) is 0 Å². The summed E-state index contributed by atoms with van der Waals surface area (Å²) in [6.07, 6.45) is -1.71. The molecule has 0 aliphatic heterocycles. The first-order valence-electron chi connectivity index (χ1n) is 3.20. The topological polar surface area (TPSA) is 62.7 Å². The summed E-state index contributed by atoms with van der Waals surface area (Å²) in [6.45, 7) is 0. The third kappa shape index (κ3) is 1.75. The number of alkyl halides is 2. The van der Waals surface area contributed by atoms with Crippen molar-refractivity contribution in [1.29, 1.82) is 5.26 Å². The van der Waals surface area contributed by atoms with E-state index in [0.717, 1.165) is 6.20 Å². The van der Waals surface area contributed by atoms with Crippen molar-refractivity contribution >= 4 is 21.6 Å².